The summed E-state index contributed by atoms with van der Waals surface area (Å²) in [6, 6.07) is 7.47. The zero-order valence-corrected chi connectivity index (χ0v) is 20.6. The summed E-state index contributed by atoms with van der Waals surface area (Å²) in [6.07, 6.45) is 3.21. The molecule has 0 unspecified atom stereocenters. The minimum Gasteiger partial charge on any atom is -0.487 e. The van der Waals surface area contributed by atoms with Crippen molar-refractivity contribution in [3.8, 4) is 5.75 Å². The molecule has 1 aromatic heterocycles. The van der Waals surface area contributed by atoms with Gasteiger partial charge in [0, 0.05) is 24.5 Å². The zero-order chi connectivity index (χ0) is 23.7. The smallest absolute Gasteiger partial charge is 0.326 e. The van der Waals surface area contributed by atoms with E-state index in [1.165, 1.54) is 11.0 Å². The summed E-state index contributed by atoms with van der Waals surface area (Å²) >= 11 is 1.60. The number of thiazole rings is 1. The van der Waals surface area contributed by atoms with Gasteiger partial charge in [-0.25, -0.2) is 4.98 Å². The van der Waals surface area contributed by atoms with Gasteiger partial charge in [-0.15, -0.1) is 11.3 Å². The lowest BCUT2D eigenvalue weighted by atomic mass is 10.2. The van der Waals surface area contributed by atoms with Gasteiger partial charge in [-0.2, -0.15) is 0 Å². The van der Waals surface area contributed by atoms with Crippen LogP contribution in [0.5, 0.6) is 5.75 Å². The molecule has 0 bridgehead atoms. The second kappa shape index (κ2) is 11.8. The van der Waals surface area contributed by atoms with E-state index in [4.69, 9.17) is 9.47 Å². The van der Waals surface area contributed by atoms with Crippen LogP contribution in [0.25, 0.3) is 6.08 Å². The highest BCUT2D eigenvalue weighted by Gasteiger charge is 2.21. The summed E-state index contributed by atoms with van der Waals surface area (Å²) < 4.78 is 11.1. The van der Waals surface area contributed by atoms with Crippen molar-refractivity contribution in [2.24, 2.45) is 0 Å². The summed E-state index contributed by atoms with van der Waals surface area (Å²) in [5, 5.41) is 3.00. The number of benzene rings is 1. The predicted octanol–water partition coefficient (Wildman–Crippen LogP) is 3.78. The predicted molar refractivity (Wildman–Crippen MR) is 128 cm³/mol. The van der Waals surface area contributed by atoms with Crippen molar-refractivity contribution in [3.05, 3.63) is 52.0 Å². The third-order valence-electron chi connectivity index (χ3n) is 4.22. The minimum atomic E-state index is -0.592. The molecule has 0 radical (unpaired) electrons. The highest BCUT2D eigenvalue weighted by molar-refractivity contribution is 7.09. The third-order valence-corrected chi connectivity index (χ3v) is 5.04. The number of hydrogen-bond donors (Lipinski definition) is 0. The van der Waals surface area contributed by atoms with E-state index in [2.05, 4.69) is 4.98 Å². The Labute approximate surface area is 194 Å². The molecule has 0 atom stereocenters. The molecule has 0 saturated carbocycles. The Morgan fingerprint density at radius 1 is 1.12 bits per heavy atom. The van der Waals surface area contributed by atoms with Crippen LogP contribution >= 0.6 is 11.3 Å². The van der Waals surface area contributed by atoms with E-state index in [0.717, 1.165) is 22.0 Å². The number of esters is 1. The summed E-state index contributed by atoms with van der Waals surface area (Å²) in [5.74, 6) is 0.0726. The quantitative estimate of drug-likeness (QED) is 0.398. The van der Waals surface area contributed by atoms with Crippen molar-refractivity contribution in [2.75, 3.05) is 33.7 Å². The fraction of sp³-hybridized carbons (Fsp3) is 0.458. The lowest BCUT2D eigenvalue weighted by molar-refractivity contribution is -0.158. The van der Waals surface area contributed by atoms with Crippen molar-refractivity contribution >= 4 is 29.3 Å². The molecular formula is C24H33N3O4S. The second-order valence-corrected chi connectivity index (χ2v) is 9.76. The van der Waals surface area contributed by atoms with Gasteiger partial charge in [-0.05, 0) is 65.6 Å². The highest BCUT2D eigenvalue weighted by atomic mass is 32.1. The Morgan fingerprint density at radius 3 is 2.38 bits per heavy atom. The standard InChI is InChI=1S/C24H33N3O4S/c1-18-25-20(17-32-18)16-30-21-10-7-19(8-11-21)9-12-22(28)27(14-13-26(5)6)15-23(29)31-24(2,3)4/h7-12,17H,13-16H2,1-6H3/b12-9+. The molecule has 0 saturated heterocycles. The fourth-order valence-corrected chi connectivity index (χ4v) is 3.29. The summed E-state index contributed by atoms with van der Waals surface area (Å²) in [4.78, 5) is 32.8. The number of rotatable bonds is 10. The number of carbonyl (C=O) groups is 2. The molecule has 1 amide bonds. The van der Waals surface area contributed by atoms with Crippen LogP contribution in [0.1, 0.15) is 37.0 Å². The number of nitrogens with zero attached hydrogens (tertiary/aromatic N) is 3. The van der Waals surface area contributed by atoms with Crippen LogP contribution in [0.15, 0.2) is 35.7 Å². The molecule has 0 aliphatic rings. The van der Waals surface area contributed by atoms with E-state index in [0.29, 0.717) is 19.7 Å². The molecule has 7 nitrogen and oxygen atoms in total. The van der Waals surface area contributed by atoms with Gasteiger partial charge in [0.2, 0.25) is 5.91 Å². The first-order chi connectivity index (χ1) is 15.0. The molecule has 8 heteroatoms. The first-order valence-corrected chi connectivity index (χ1v) is 11.4. The number of ether oxygens (including phenoxy) is 2. The van der Waals surface area contributed by atoms with E-state index in [-0.39, 0.29) is 12.5 Å². The van der Waals surface area contributed by atoms with Gasteiger partial charge in [0.25, 0.3) is 0 Å². The molecule has 1 heterocycles. The molecule has 0 spiro atoms. The van der Waals surface area contributed by atoms with Crippen molar-refractivity contribution in [2.45, 2.75) is 39.9 Å². The van der Waals surface area contributed by atoms with Crippen LogP contribution in [0.4, 0.5) is 0 Å². The largest absolute Gasteiger partial charge is 0.487 e. The first kappa shape index (κ1) is 25.5. The highest BCUT2D eigenvalue weighted by Crippen LogP contribution is 2.16. The summed E-state index contributed by atoms with van der Waals surface area (Å²) in [7, 11) is 3.84. The molecule has 0 aliphatic carbocycles. The maximum absolute atomic E-state index is 12.7. The van der Waals surface area contributed by atoms with Gasteiger partial charge in [0.15, 0.2) is 0 Å². The van der Waals surface area contributed by atoms with Crippen LogP contribution in [0.2, 0.25) is 0 Å². The topological polar surface area (TPSA) is 72.0 Å². The molecule has 32 heavy (non-hydrogen) atoms. The van der Waals surface area contributed by atoms with Gasteiger partial charge in [0.05, 0.1) is 10.7 Å². The lowest BCUT2D eigenvalue weighted by Gasteiger charge is -2.25. The van der Waals surface area contributed by atoms with Gasteiger partial charge in [-0.1, -0.05) is 12.1 Å². The number of likely N-dealkylation sites (N-methyl/N-ethyl adjacent to an activating group) is 1. The van der Waals surface area contributed by atoms with Gasteiger partial charge >= 0.3 is 5.97 Å². The Hall–Kier alpha value is -2.71. The van der Waals surface area contributed by atoms with Crippen LogP contribution < -0.4 is 4.74 Å². The monoisotopic (exact) mass is 459 g/mol. The zero-order valence-electron chi connectivity index (χ0n) is 19.8. The van der Waals surface area contributed by atoms with Crippen molar-refractivity contribution in [1.82, 2.24) is 14.8 Å². The minimum absolute atomic E-state index is 0.0862. The summed E-state index contributed by atoms with van der Waals surface area (Å²) in [5.41, 5.74) is 1.18. The molecule has 0 aliphatic heterocycles. The molecule has 174 valence electrons. The Bertz CT molecular complexity index is 914. The van der Waals surface area contributed by atoms with Crippen molar-refractivity contribution in [3.63, 3.8) is 0 Å². The van der Waals surface area contributed by atoms with Gasteiger partial charge in [-0.3, -0.25) is 9.59 Å². The van der Waals surface area contributed by atoms with Gasteiger partial charge in [0.1, 0.15) is 24.5 Å². The average molecular weight is 460 g/mol. The van der Waals surface area contributed by atoms with Crippen molar-refractivity contribution in [1.29, 1.82) is 0 Å². The molecule has 1 aromatic carbocycles. The van der Waals surface area contributed by atoms with Gasteiger partial charge < -0.3 is 19.3 Å². The molecule has 0 N–H and O–H groups in total. The van der Waals surface area contributed by atoms with E-state index in [1.807, 2.05) is 76.3 Å². The van der Waals surface area contributed by atoms with E-state index in [1.54, 1.807) is 17.4 Å². The molecule has 0 fully saturated rings. The number of aryl methyl sites for hydroxylation is 1. The van der Waals surface area contributed by atoms with E-state index in [9.17, 15) is 9.59 Å². The van der Waals surface area contributed by atoms with Crippen LogP contribution in [-0.2, 0) is 20.9 Å². The Morgan fingerprint density at radius 2 is 1.81 bits per heavy atom. The maximum atomic E-state index is 12.7. The van der Waals surface area contributed by atoms with E-state index >= 15 is 0 Å². The van der Waals surface area contributed by atoms with Crippen LogP contribution in [0, 0.1) is 6.92 Å². The number of aromatic nitrogens is 1. The average Bonchev–Trinajstić information content (AvgIpc) is 3.12. The normalized spacial score (nSPS) is 11.7. The van der Waals surface area contributed by atoms with Crippen LogP contribution in [-0.4, -0.2) is 66.0 Å². The lowest BCUT2D eigenvalue weighted by Crippen LogP contribution is -2.41. The number of amides is 1. The second-order valence-electron chi connectivity index (χ2n) is 8.70. The number of hydrogen-bond acceptors (Lipinski definition) is 7. The van der Waals surface area contributed by atoms with E-state index < -0.39 is 11.6 Å². The maximum Gasteiger partial charge on any atom is 0.326 e. The molecule has 2 aromatic rings. The molecule has 2 rings (SSSR count). The van der Waals surface area contributed by atoms with Crippen molar-refractivity contribution < 1.29 is 19.1 Å². The first-order valence-electron chi connectivity index (χ1n) is 10.5. The SMILES string of the molecule is Cc1nc(COc2ccc(/C=C/C(=O)N(CCN(C)C)CC(=O)OC(C)(C)C)cc2)cs1. The Balaban J connectivity index is 1.96. The van der Waals surface area contributed by atoms with Crippen LogP contribution in [0.3, 0.4) is 0 Å². The third kappa shape index (κ3) is 9.62. The fourth-order valence-electron chi connectivity index (χ4n) is 2.70. The summed E-state index contributed by atoms with van der Waals surface area (Å²) in [6.45, 7) is 8.80. The molecular weight excluding hydrogens is 426 g/mol. The Kier molecular flexibility index (Phi) is 9.41. The number of carbonyl (C=O) groups excluding carboxylic acids is 2.